The molecule has 12 heteroatoms. The second kappa shape index (κ2) is 12.4. The van der Waals surface area contributed by atoms with Crippen molar-refractivity contribution in [3.63, 3.8) is 0 Å². The molecule has 5 heterocycles. The number of nitrogens with one attached hydrogen (secondary N) is 1. The standard InChI is InChI=1S/C28H32N6O6/c1-33(27(36)23-5-3-9-39-23)16-19-12-18-4-2-8-34(26(18)31-22(19)17-35)28(37)32-25-13-24(20(14-29)15-30-25)40-21-6-10-38-11-7-21/h12-13,15,17,21,23H,2-11,16H2,1H3,(H,30,32,37). The zero-order valence-corrected chi connectivity index (χ0v) is 22.4. The minimum absolute atomic E-state index is 0.0824. The van der Waals surface area contributed by atoms with Crippen LogP contribution in [0.5, 0.6) is 5.75 Å². The van der Waals surface area contributed by atoms with Gasteiger partial charge in [-0.3, -0.25) is 19.8 Å². The van der Waals surface area contributed by atoms with Gasteiger partial charge in [0.2, 0.25) is 0 Å². The topological polar surface area (TPSA) is 147 Å². The largest absolute Gasteiger partial charge is 0.489 e. The first kappa shape index (κ1) is 27.5. The second-order valence-electron chi connectivity index (χ2n) is 10.1. The summed E-state index contributed by atoms with van der Waals surface area (Å²) in [5.74, 6) is 0.865. The Bertz CT molecular complexity index is 1320. The summed E-state index contributed by atoms with van der Waals surface area (Å²) < 4.78 is 16.9. The minimum Gasteiger partial charge on any atom is -0.489 e. The van der Waals surface area contributed by atoms with Crippen LogP contribution in [0.4, 0.5) is 16.4 Å². The number of urea groups is 1. The lowest BCUT2D eigenvalue weighted by atomic mass is 10.0. The third-order valence-corrected chi connectivity index (χ3v) is 7.30. The quantitative estimate of drug-likeness (QED) is 0.516. The Hall–Kier alpha value is -4.08. The van der Waals surface area contributed by atoms with Crippen molar-refractivity contribution < 1.29 is 28.6 Å². The molecule has 12 nitrogen and oxygen atoms in total. The van der Waals surface area contributed by atoms with Gasteiger partial charge >= 0.3 is 6.03 Å². The molecule has 1 unspecified atom stereocenters. The minimum atomic E-state index is -0.460. The molecule has 2 fully saturated rings. The first-order chi connectivity index (χ1) is 19.5. The number of hydrogen-bond donors (Lipinski definition) is 1. The number of nitriles is 1. The molecule has 2 saturated heterocycles. The van der Waals surface area contributed by atoms with E-state index in [9.17, 15) is 19.6 Å². The molecular weight excluding hydrogens is 516 g/mol. The van der Waals surface area contributed by atoms with Gasteiger partial charge in [-0.25, -0.2) is 14.8 Å². The van der Waals surface area contributed by atoms with Gasteiger partial charge in [-0.2, -0.15) is 5.26 Å². The lowest BCUT2D eigenvalue weighted by Gasteiger charge is -2.30. The number of aldehydes is 1. The molecule has 5 rings (SSSR count). The van der Waals surface area contributed by atoms with Crippen LogP contribution in [-0.2, 0) is 27.2 Å². The smallest absolute Gasteiger partial charge is 0.328 e. The fraction of sp³-hybridized carbons (Fsp3) is 0.500. The van der Waals surface area contributed by atoms with Gasteiger partial charge in [0.15, 0.2) is 6.29 Å². The molecule has 1 atom stereocenters. The monoisotopic (exact) mass is 548 g/mol. The zero-order chi connectivity index (χ0) is 28.1. The van der Waals surface area contributed by atoms with Gasteiger partial charge in [0.05, 0.1) is 19.4 Å². The lowest BCUT2D eigenvalue weighted by Crippen LogP contribution is -2.40. The van der Waals surface area contributed by atoms with Crippen LogP contribution >= 0.6 is 0 Å². The molecule has 40 heavy (non-hydrogen) atoms. The van der Waals surface area contributed by atoms with E-state index in [1.54, 1.807) is 18.0 Å². The molecule has 2 aromatic rings. The SMILES string of the molecule is CN(Cc1cc2c(nc1C=O)N(C(=O)Nc1cc(OC3CCOCC3)c(C#N)cn1)CCC2)C(=O)C1CCCO1. The summed E-state index contributed by atoms with van der Waals surface area (Å²) >= 11 is 0. The highest BCUT2D eigenvalue weighted by Crippen LogP contribution is 2.30. The number of aromatic nitrogens is 2. The van der Waals surface area contributed by atoms with Crippen molar-refractivity contribution in [3.05, 3.63) is 40.7 Å². The second-order valence-corrected chi connectivity index (χ2v) is 10.1. The van der Waals surface area contributed by atoms with Crippen molar-refractivity contribution >= 4 is 29.9 Å². The third kappa shape index (κ3) is 6.05. The molecule has 0 bridgehead atoms. The van der Waals surface area contributed by atoms with Gasteiger partial charge in [-0.1, -0.05) is 0 Å². The van der Waals surface area contributed by atoms with Gasteiger partial charge in [0.25, 0.3) is 5.91 Å². The Balaban J connectivity index is 1.32. The molecule has 3 amide bonds. The normalized spacial score (nSPS) is 18.9. The average molecular weight is 549 g/mol. The molecule has 1 N–H and O–H groups in total. The molecule has 210 valence electrons. The molecule has 0 saturated carbocycles. The van der Waals surface area contributed by atoms with Crippen LogP contribution in [0.15, 0.2) is 18.3 Å². The maximum absolute atomic E-state index is 13.3. The Kier molecular flexibility index (Phi) is 8.52. The molecule has 3 aliphatic rings. The summed E-state index contributed by atoms with van der Waals surface area (Å²) in [4.78, 5) is 49.8. The molecule has 0 radical (unpaired) electrons. The molecule has 0 spiro atoms. The molecule has 0 aromatic carbocycles. The summed E-state index contributed by atoms with van der Waals surface area (Å²) in [6.07, 6.45) is 5.83. The van der Waals surface area contributed by atoms with Crippen LogP contribution in [0.1, 0.15) is 59.3 Å². The van der Waals surface area contributed by atoms with E-state index in [2.05, 4.69) is 21.4 Å². The van der Waals surface area contributed by atoms with Crippen molar-refractivity contribution in [1.29, 1.82) is 5.26 Å². The van der Waals surface area contributed by atoms with E-state index in [0.29, 0.717) is 81.9 Å². The molecular formula is C28H32N6O6. The van der Waals surface area contributed by atoms with Gasteiger partial charge in [0.1, 0.15) is 46.9 Å². The molecule has 3 aliphatic heterocycles. The first-order valence-electron chi connectivity index (χ1n) is 13.5. The molecule has 2 aromatic heterocycles. The van der Waals surface area contributed by atoms with Crippen molar-refractivity contribution in [2.24, 2.45) is 0 Å². The highest BCUT2D eigenvalue weighted by Gasteiger charge is 2.29. The van der Waals surface area contributed by atoms with Crippen LogP contribution in [0.25, 0.3) is 0 Å². The predicted octanol–water partition coefficient (Wildman–Crippen LogP) is 2.84. The van der Waals surface area contributed by atoms with Crippen LogP contribution in [0.3, 0.4) is 0 Å². The number of likely N-dealkylation sites (N-methyl/N-ethyl adjacent to an activating group) is 1. The number of aryl methyl sites for hydroxylation is 1. The van der Waals surface area contributed by atoms with E-state index in [1.807, 2.05) is 6.07 Å². The number of anilines is 2. The van der Waals surface area contributed by atoms with Crippen molar-refractivity contribution in [3.8, 4) is 11.8 Å². The Morgan fingerprint density at radius 2 is 2.08 bits per heavy atom. The summed E-state index contributed by atoms with van der Waals surface area (Å²) in [6, 6.07) is 5.02. The third-order valence-electron chi connectivity index (χ3n) is 7.30. The van der Waals surface area contributed by atoms with E-state index < -0.39 is 12.1 Å². The maximum atomic E-state index is 13.3. The van der Waals surface area contributed by atoms with Crippen LogP contribution in [0, 0.1) is 11.3 Å². The number of rotatable bonds is 7. The summed E-state index contributed by atoms with van der Waals surface area (Å²) in [5, 5.41) is 12.3. The van der Waals surface area contributed by atoms with Gasteiger partial charge < -0.3 is 19.1 Å². The summed E-state index contributed by atoms with van der Waals surface area (Å²) in [5.41, 5.74) is 1.89. The van der Waals surface area contributed by atoms with Crippen molar-refractivity contribution in [2.45, 2.75) is 57.3 Å². The van der Waals surface area contributed by atoms with E-state index in [1.165, 1.54) is 11.1 Å². The lowest BCUT2D eigenvalue weighted by molar-refractivity contribution is -0.140. The van der Waals surface area contributed by atoms with E-state index in [-0.39, 0.29) is 35.6 Å². The number of fused-ring (bicyclic) bond motifs is 1. The van der Waals surface area contributed by atoms with Gasteiger partial charge in [-0.15, -0.1) is 0 Å². The predicted molar refractivity (Wildman–Crippen MR) is 143 cm³/mol. The van der Waals surface area contributed by atoms with Crippen molar-refractivity contribution in [2.75, 3.05) is 43.6 Å². The number of carbonyl (C=O) groups excluding carboxylic acids is 3. The fourth-order valence-electron chi connectivity index (χ4n) is 5.17. The summed E-state index contributed by atoms with van der Waals surface area (Å²) in [6.45, 7) is 2.38. The number of nitrogens with zero attached hydrogens (tertiary/aromatic N) is 5. The number of hydrogen-bond acceptors (Lipinski definition) is 9. The highest BCUT2D eigenvalue weighted by molar-refractivity contribution is 6.01. The highest BCUT2D eigenvalue weighted by atomic mass is 16.5. The number of ether oxygens (including phenoxy) is 3. The van der Waals surface area contributed by atoms with Gasteiger partial charge in [0, 0.05) is 51.2 Å². The zero-order valence-electron chi connectivity index (χ0n) is 22.4. The molecule has 0 aliphatic carbocycles. The van der Waals surface area contributed by atoms with E-state index >= 15 is 0 Å². The van der Waals surface area contributed by atoms with E-state index in [0.717, 1.165) is 12.0 Å². The van der Waals surface area contributed by atoms with Crippen LogP contribution in [-0.4, -0.2) is 78.7 Å². The number of carbonyl (C=O) groups is 3. The Morgan fingerprint density at radius 1 is 1.25 bits per heavy atom. The number of amides is 3. The average Bonchev–Trinajstić information content (AvgIpc) is 3.52. The maximum Gasteiger partial charge on any atom is 0.328 e. The van der Waals surface area contributed by atoms with Crippen molar-refractivity contribution in [1.82, 2.24) is 14.9 Å². The first-order valence-corrected chi connectivity index (χ1v) is 13.5. The number of pyridine rings is 2. The Morgan fingerprint density at radius 3 is 2.80 bits per heavy atom. The van der Waals surface area contributed by atoms with Crippen LogP contribution < -0.4 is 15.0 Å². The van der Waals surface area contributed by atoms with Crippen LogP contribution in [0.2, 0.25) is 0 Å². The fourth-order valence-corrected chi connectivity index (χ4v) is 5.17. The van der Waals surface area contributed by atoms with Gasteiger partial charge in [-0.05, 0) is 37.3 Å². The Labute approximate surface area is 232 Å². The summed E-state index contributed by atoms with van der Waals surface area (Å²) in [7, 11) is 1.68. The van der Waals surface area contributed by atoms with E-state index in [4.69, 9.17) is 14.2 Å².